The molecule has 0 bridgehead atoms. The molecule has 0 saturated heterocycles. The van der Waals surface area contributed by atoms with Gasteiger partial charge in [0.25, 0.3) is 0 Å². The molecule has 0 amide bonds. The van der Waals surface area contributed by atoms with Crippen LogP contribution in [-0.2, 0) is 0 Å². The smallest absolute Gasteiger partial charge is 0.204 e. The molecule has 9 heteroatoms. The van der Waals surface area contributed by atoms with Gasteiger partial charge in [0.05, 0.1) is 24.6 Å². The Morgan fingerprint density at radius 1 is 0.846 bits per heavy atom. The van der Waals surface area contributed by atoms with Crippen molar-refractivity contribution in [3.05, 3.63) is 48.5 Å². The van der Waals surface area contributed by atoms with Gasteiger partial charge >= 0.3 is 0 Å². The lowest BCUT2D eigenvalue weighted by molar-refractivity contribution is 0.281. The van der Waals surface area contributed by atoms with Gasteiger partial charge in [0.1, 0.15) is 0 Å². The van der Waals surface area contributed by atoms with Gasteiger partial charge < -0.3 is 15.1 Å². The number of tetrazole rings is 1. The second-order valence-electron chi connectivity index (χ2n) is 5.43. The monoisotopic (exact) mass is 353 g/mol. The van der Waals surface area contributed by atoms with E-state index in [1.807, 2.05) is 53.4 Å². The molecule has 0 aliphatic heterocycles. The highest BCUT2D eigenvalue weighted by Gasteiger charge is 2.05. The molecule has 9 nitrogen and oxygen atoms in total. The number of azo groups is 1. The van der Waals surface area contributed by atoms with Gasteiger partial charge in [-0.15, -0.1) is 10.2 Å². The van der Waals surface area contributed by atoms with Crippen molar-refractivity contribution >= 4 is 17.1 Å². The first kappa shape index (κ1) is 17.6. The first-order valence-corrected chi connectivity index (χ1v) is 8.12. The first-order chi connectivity index (χ1) is 12.8. The predicted octanol–water partition coefficient (Wildman–Crippen LogP) is 2.07. The van der Waals surface area contributed by atoms with Gasteiger partial charge in [-0.1, -0.05) is 0 Å². The van der Waals surface area contributed by atoms with Gasteiger partial charge in [-0.2, -0.15) is 15.4 Å². The largest absolute Gasteiger partial charge is 0.395 e. The van der Waals surface area contributed by atoms with E-state index in [1.165, 1.54) is 0 Å². The van der Waals surface area contributed by atoms with Crippen LogP contribution in [0.1, 0.15) is 0 Å². The number of aliphatic hydroxyl groups is 2. The zero-order valence-corrected chi connectivity index (χ0v) is 14.0. The molecule has 0 atom stereocenters. The van der Waals surface area contributed by atoms with Crippen molar-refractivity contribution < 1.29 is 10.2 Å². The SMILES string of the molecule is OCCN(CCO)c1ccc(N=Nc2ccc(-c3nn[nH]n3)cc2)cc1. The van der Waals surface area contributed by atoms with E-state index in [4.69, 9.17) is 10.2 Å². The molecule has 3 aromatic rings. The second kappa shape index (κ2) is 8.79. The molecule has 0 fully saturated rings. The van der Waals surface area contributed by atoms with Crippen molar-refractivity contribution in [2.75, 3.05) is 31.2 Å². The highest BCUT2D eigenvalue weighted by Crippen LogP contribution is 2.23. The van der Waals surface area contributed by atoms with E-state index < -0.39 is 0 Å². The minimum atomic E-state index is 0.0291. The van der Waals surface area contributed by atoms with Crippen LogP contribution in [0.3, 0.4) is 0 Å². The van der Waals surface area contributed by atoms with Crippen molar-refractivity contribution in [2.45, 2.75) is 0 Å². The highest BCUT2D eigenvalue weighted by atomic mass is 16.3. The Bertz CT molecular complexity index is 811. The third-order valence-electron chi connectivity index (χ3n) is 3.71. The summed E-state index contributed by atoms with van der Waals surface area (Å²) in [5.74, 6) is 0.527. The van der Waals surface area contributed by atoms with E-state index in [1.54, 1.807) is 0 Å². The average molecular weight is 353 g/mol. The maximum atomic E-state index is 9.10. The Labute approximate surface area is 150 Å². The van der Waals surface area contributed by atoms with E-state index in [2.05, 4.69) is 30.9 Å². The normalized spacial score (nSPS) is 11.2. The molecule has 0 spiro atoms. The van der Waals surface area contributed by atoms with Crippen molar-refractivity contribution in [1.82, 2.24) is 20.6 Å². The summed E-state index contributed by atoms with van der Waals surface area (Å²) in [7, 11) is 0. The molecule has 1 aromatic heterocycles. The quantitative estimate of drug-likeness (QED) is 0.533. The standard InChI is InChI=1S/C17H19N7O2/c25-11-9-24(10-12-26)16-7-5-15(6-8-16)19-18-14-3-1-13(2-4-14)17-20-22-23-21-17/h1-8,25-26H,9-12H2,(H,20,21,22,23). The summed E-state index contributed by atoms with van der Waals surface area (Å²) in [4.78, 5) is 1.90. The maximum absolute atomic E-state index is 9.10. The van der Waals surface area contributed by atoms with Crippen molar-refractivity contribution in [3.8, 4) is 11.4 Å². The minimum absolute atomic E-state index is 0.0291. The minimum Gasteiger partial charge on any atom is -0.395 e. The molecule has 0 radical (unpaired) electrons. The fraction of sp³-hybridized carbons (Fsp3) is 0.235. The highest BCUT2D eigenvalue weighted by molar-refractivity contribution is 5.57. The molecule has 3 rings (SSSR count). The van der Waals surface area contributed by atoms with Gasteiger partial charge in [0.15, 0.2) is 0 Å². The maximum Gasteiger partial charge on any atom is 0.204 e. The van der Waals surface area contributed by atoms with Crippen LogP contribution in [0.25, 0.3) is 11.4 Å². The first-order valence-electron chi connectivity index (χ1n) is 8.12. The number of aromatic nitrogens is 4. The average Bonchev–Trinajstić information content (AvgIpc) is 3.22. The summed E-state index contributed by atoms with van der Waals surface area (Å²) in [5, 5.41) is 40.4. The van der Waals surface area contributed by atoms with Crippen LogP contribution in [0.4, 0.5) is 17.1 Å². The van der Waals surface area contributed by atoms with Gasteiger partial charge in [0.2, 0.25) is 5.82 Å². The Hall–Kier alpha value is -3.17. The number of anilines is 1. The third kappa shape index (κ3) is 4.47. The van der Waals surface area contributed by atoms with Gasteiger partial charge in [-0.3, -0.25) is 0 Å². The van der Waals surface area contributed by atoms with Crippen molar-refractivity contribution in [3.63, 3.8) is 0 Å². The number of nitrogens with one attached hydrogen (secondary N) is 1. The number of aromatic amines is 1. The molecular weight excluding hydrogens is 334 g/mol. The molecule has 0 saturated carbocycles. The molecule has 0 aliphatic carbocycles. The lowest BCUT2D eigenvalue weighted by Gasteiger charge is -2.22. The molecular formula is C17H19N7O2. The Kier molecular flexibility index (Phi) is 5.96. The third-order valence-corrected chi connectivity index (χ3v) is 3.71. The van der Waals surface area contributed by atoms with Crippen LogP contribution in [0.2, 0.25) is 0 Å². The summed E-state index contributed by atoms with van der Waals surface area (Å²) >= 11 is 0. The fourth-order valence-electron chi connectivity index (χ4n) is 2.42. The van der Waals surface area contributed by atoms with E-state index in [0.717, 1.165) is 11.3 Å². The molecule has 2 aromatic carbocycles. The van der Waals surface area contributed by atoms with E-state index >= 15 is 0 Å². The van der Waals surface area contributed by atoms with E-state index in [9.17, 15) is 0 Å². The van der Waals surface area contributed by atoms with E-state index in [0.29, 0.717) is 30.3 Å². The lowest BCUT2D eigenvalue weighted by Crippen LogP contribution is -2.29. The molecule has 1 heterocycles. The van der Waals surface area contributed by atoms with Crippen LogP contribution in [0.15, 0.2) is 58.8 Å². The number of H-pyrrole nitrogens is 1. The topological polar surface area (TPSA) is 123 Å². The summed E-state index contributed by atoms with van der Waals surface area (Å²) < 4.78 is 0. The number of nitrogens with zero attached hydrogens (tertiary/aromatic N) is 6. The Morgan fingerprint density at radius 3 is 1.92 bits per heavy atom. The van der Waals surface area contributed by atoms with Crippen molar-refractivity contribution in [1.29, 1.82) is 0 Å². The predicted molar refractivity (Wildman–Crippen MR) is 96.6 cm³/mol. The van der Waals surface area contributed by atoms with Crippen LogP contribution < -0.4 is 4.90 Å². The Morgan fingerprint density at radius 2 is 1.42 bits per heavy atom. The van der Waals surface area contributed by atoms with Crippen molar-refractivity contribution in [2.24, 2.45) is 10.2 Å². The summed E-state index contributed by atoms with van der Waals surface area (Å²) in [6, 6.07) is 14.8. The van der Waals surface area contributed by atoms with Crippen LogP contribution in [0.5, 0.6) is 0 Å². The Balaban J connectivity index is 1.66. The zero-order valence-electron chi connectivity index (χ0n) is 14.0. The number of benzene rings is 2. The number of rotatable bonds is 8. The lowest BCUT2D eigenvalue weighted by atomic mass is 10.2. The molecule has 26 heavy (non-hydrogen) atoms. The summed E-state index contributed by atoms with van der Waals surface area (Å²) in [6.07, 6.45) is 0. The van der Waals surface area contributed by atoms with E-state index in [-0.39, 0.29) is 13.2 Å². The fourth-order valence-corrected chi connectivity index (χ4v) is 2.42. The van der Waals surface area contributed by atoms with Crippen LogP contribution in [-0.4, -0.2) is 57.1 Å². The molecule has 134 valence electrons. The number of hydrogen-bond acceptors (Lipinski definition) is 8. The second-order valence-corrected chi connectivity index (χ2v) is 5.43. The summed E-state index contributed by atoms with van der Waals surface area (Å²) in [6.45, 7) is 0.991. The molecule has 0 unspecified atom stereocenters. The van der Waals surface area contributed by atoms with Gasteiger partial charge in [-0.25, -0.2) is 0 Å². The molecule has 0 aliphatic rings. The zero-order chi connectivity index (χ0) is 18.2. The van der Waals surface area contributed by atoms with Crippen LogP contribution >= 0.6 is 0 Å². The molecule has 3 N–H and O–H groups in total. The summed E-state index contributed by atoms with van der Waals surface area (Å²) in [5.41, 5.74) is 3.18. The van der Waals surface area contributed by atoms with Gasteiger partial charge in [0, 0.05) is 24.3 Å². The number of hydrogen-bond donors (Lipinski definition) is 3. The number of aliphatic hydroxyl groups excluding tert-OH is 2. The van der Waals surface area contributed by atoms with Crippen LogP contribution in [0, 0.1) is 0 Å². The van der Waals surface area contributed by atoms with Gasteiger partial charge in [-0.05, 0) is 53.7 Å².